The van der Waals surface area contributed by atoms with Gasteiger partial charge in [0.1, 0.15) is 11.6 Å². The van der Waals surface area contributed by atoms with E-state index in [0.29, 0.717) is 19.4 Å². The summed E-state index contributed by atoms with van der Waals surface area (Å²) in [5.74, 6) is -0.263. The normalized spacial score (nSPS) is 22.2. The first kappa shape index (κ1) is 15.5. The minimum Gasteiger partial charge on any atom is -0.458 e. The molecule has 1 rings (SSSR count). The summed E-state index contributed by atoms with van der Waals surface area (Å²) in [6.07, 6.45) is 1.96. The van der Waals surface area contributed by atoms with E-state index in [1.807, 2.05) is 27.7 Å². The first-order chi connectivity index (χ1) is 8.24. The van der Waals surface area contributed by atoms with E-state index in [1.165, 1.54) is 0 Å². The van der Waals surface area contributed by atoms with E-state index in [0.717, 1.165) is 6.42 Å². The first-order valence-electron chi connectivity index (χ1n) is 6.41. The van der Waals surface area contributed by atoms with Gasteiger partial charge in [-0.1, -0.05) is 29.3 Å². The van der Waals surface area contributed by atoms with Crippen molar-refractivity contribution in [2.75, 3.05) is 6.54 Å². The molecule has 4 nitrogen and oxygen atoms in total. The largest absolute Gasteiger partial charge is 0.458 e. The molecule has 0 N–H and O–H groups in total. The van der Waals surface area contributed by atoms with Crippen molar-refractivity contribution >= 4 is 27.8 Å². The van der Waals surface area contributed by atoms with Crippen LogP contribution in [-0.4, -0.2) is 39.8 Å². The first-order valence-corrected chi connectivity index (χ1v) is 7.32. The minimum absolute atomic E-state index is 0.0289. The van der Waals surface area contributed by atoms with Crippen LogP contribution in [0.3, 0.4) is 0 Å². The number of likely N-dealkylation sites (tertiary alicyclic amines) is 1. The number of carbonyl (C=O) groups is 2. The Morgan fingerprint density at radius 3 is 2.56 bits per heavy atom. The van der Waals surface area contributed by atoms with Crippen LogP contribution in [0.25, 0.3) is 0 Å². The molecule has 1 heterocycles. The maximum absolute atomic E-state index is 12.2. The van der Waals surface area contributed by atoms with Crippen LogP contribution in [-0.2, 0) is 14.3 Å². The van der Waals surface area contributed by atoms with Crippen LogP contribution in [0.4, 0.5) is 0 Å². The van der Waals surface area contributed by atoms with E-state index >= 15 is 0 Å². The van der Waals surface area contributed by atoms with Gasteiger partial charge in [-0.15, -0.1) is 0 Å². The number of rotatable bonds is 4. The molecule has 18 heavy (non-hydrogen) atoms. The van der Waals surface area contributed by atoms with Crippen LogP contribution in [0, 0.1) is 0 Å². The Balaban J connectivity index is 2.76. The zero-order valence-corrected chi connectivity index (χ0v) is 13.1. The molecule has 2 atom stereocenters. The molecule has 2 unspecified atom stereocenters. The van der Waals surface area contributed by atoms with Crippen LogP contribution >= 0.6 is 15.9 Å². The number of alkyl halides is 1. The summed E-state index contributed by atoms with van der Waals surface area (Å²) in [4.78, 5) is 25.8. The topological polar surface area (TPSA) is 46.6 Å². The fourth-order valence-electron chi connectivity index (χ4n) is 2.03. The smallest absolute Gasteiger partial charge is 0.329 e. The molecular formula is C13H22BrNO3. The lowest BCUT2D eigenvalue weighted by Crippen LogP contribution is -2.45. The quantitative estimate of drug-likeness (QED) is 0.591. The van der Waals surface area contributed by atoms with Crippen molar-refractivity contribution < 1.29 is 14.3 Å². The number of esters is 1. The van der Waals surface area contributed by atoms with E-state index in [2.05, 4.69) is 15.9 Å². The molecule has 0 aliphatic carbocycles. The Bertz CT molecular complexity index is 325. The SMILES string of the molecule is CCCC(C(=O)OC(C)(C)C)N1CC(Br)CC1=O. The van der Waals surface area contributed by atoms with Crippen LogP contribution < -0.4 is 0 Å². The van der Waals surface area contributed by atoms with E-state index in [-0.39, 0.29) is 16.7 Å². The van der Waals surface area contributed by atoms with Gasteiger partial charge in [0.15, 0.2) is 0 Å². The highest BCUT2D eigenvalue weighted by atomic mass is 79.9. The van der Waals surface area contributed by atoms with Gasteiger partial charge >= 0.3 is 5.97 Å². The van der Waals surface area contributed by atoms with E-state index < -0.39 is 11.6 Å². The van der Waals surface area contributed by atoms with Crippen molar-refractivity contribution in [3.63, 3.8) is 0 Å². The number of nitrogens with zero attached hydrogens (tertiary/aromatic N) is 1. The zero-order chi connectivity index (χ0) is 13.9. The lowest BCUT2D eigenvalue weighted by atomic mass is 10.1. The molecule has 0 saturated carbocycles. The number of hydrogen-bond donors (Lipinski definition) is 0. The van der Waals surface area contributed by atoms with Gasteiger partial charge in [0.25, 0.3) is 0 Å². The Hall–Kier alpha value is -0.580. The number of ether oxygens (including phenoxy) is 1. The maximum atomic E-state index is 12.2. The van der Waals surface area contributed by atoms with Crippen LogP contribution in [0.15, 0.2) is 0 Å². The Kier molecular flexibility index (Phi) is 5.20. The van der Waals surface area contributed by atoms with Gasteiger partial charge in [0.05, 0.1) is 0 Å². The summed E-state index contributed by atoms with van der Waals surface area (Å²) in [6.45, 7) is 8.11. The number of halogens is 1. The lowest BCUT2D eigenvalue weighted by molar-refractivity contribution is -0.164. The molecule has 1 fully saturated rings. The maximum Gasteiger partial charge on any atom is 0.329 e. The average Bonchev–Trinajstić information content (AvgIpc) is 2.51. The molecule has 1 saturated heterocycles. The third-order valence-corrected chi connectivity index (χ3v) is 3.34. The molecule has 1 aliphatic heterocycles. The van der Waals surface area contributed by atoms with E-state index in [1.54, 1.807) is 4.90 Å². The average molecular weight is 320 g/mol. The molecular weight excluding hydrogens is 298 g/mol. The summed E-state index contributed by atoms with van der Waals surface area (Å²) in [5, 5.41) is 0. The predicted molar refractivity (Wildman–Crippen MR) is 73.6 cm³/mol. The van der Waals surface area contributed by atoms with Gasteiger partial charge in [-0.3, -0.25) is 4.79 Å². The summed E-state index contributed by atoms with van der Waals surface area (Å²) in [6, 6.07) is -0.440. The molecule has 104 valence electrons. The van der Waals surface area contributed by atoms with Crippen molar-refractivity contribution in [3.8, 4) is 0 Å². The number of hydrogen-bond acceptors (Lipinski definition) is 3. The Morgan fingerprint density at radius 2 is 2.17 bits per heavy atom. The highest BCUT2D eigenvalue weighted by Crippen LogP contribution is 2.24. The van der Waals surface area contributed by atoms with Crippen LogP contribution in [0.2, 0.25) is 0 Å². The van der Waals surface area contributed by atoms with Gasteiger partial charge in [-0.05, 0) is 27.2 Å². The summed E-state index contributed by atoms with van der Waals surface area (Å²) >= 11 is 3.43. The molecule has 5 heteroatoms. The molecule has 1 aliphatic rings. The van der Waals surface area contributed by atoms with Crippen molar-refractivity contribution in [1.82, 2.24) is 4.90 Å². The predicted octanol–water partition coefficient (Wildman–Crippen LogP) is 2.49. The van der Waals surface area contributed by atoms with Gasteiger partial charge in [-0.25, -0.2) is 4.79 Å². The van der Waals surface area contributed by atoms with E-state index in [9.17, 15) is 9.59 Å². The van der Waals surface area contributed by atoms with Crippen molar-refractivity contribution in [3.05, 3.63) is 0 Å². The Labute approximate surface area is 117 Å². The third kappa shape index (κ3) is 4.26. The van der Waals surface area contributed by atoms with Crippen LogP contribution in [0.5, 0.6) is 0 Å². The minimum atomic E-state index is -0.514. The highest BCUT2D eigenvalue weighted by molar-refractivity contribution is 9.09. The third-order valence-electron chi connectivity index (χ3n) is 2.73. The molecule has 0 aromatic heterocycles. The second-order valence-corrected chi connectivity index (χ2v) is 6.98. The number of carbonyl (C=O) groups excluding carboxylic acids is 2. The summed E-state index contributed by atoms with van der Waals surface area (Å²) < 4.78 is 5.40. The fourth-order valence-corrected chi connectivity index (χ4v) is 2.62. The second-order valence-electron chi connectivity index (χ2n) is 5.69. The molecule has 0 radical (unpaired) electrons. The van der Waals surface area contributed by atoms with Crippen LogP contribution in [0.1, 0.15) is 47.0 Å². The molecule has 1 amide bonds. The molecule has 0 bridgehead atoms. The monoisotopic (exact) mass is 319 g/mol. The van der Waals surface area contributed by atoms with Crippen molar-refractivity contribution in [1.29, 1.82) is 0 Å². The van der Waals surface area contributed by atoms with Gasteiger partial charge in [0.2, 0.25) is 5.91 Å². The second kappa shape index (κ2) is 6.04. The van der Waals surface area contributed by atoms with Crippen molar-refractivity contribution in [2.45, 2.75) is 63.4 Å². The molecule has 0 spiro atoms. The van der Waals surface area contributed by atoms with Gasteiger partial charge in [-0.2, -0.15) is 0 Å². The fraction of sp³-hybridized carbons (Fsp3) is 0.846. The molecule has 0 aromatic carbocycles. The lowest BCUT2D eigenvalue weighted by Gasteiger charge is -2.29. The zero-order valence-electron chi connectivity index (χ0n) is 11.5. The summed E-state index contributed by atoms with van der Waals surface area (Å²) in [7, 11) is 0. The van der Waals surface area contributed by atoms with Gasteiger partial charge in [0, 0.05) is 17.8 Å². The standard InChI is InChI=1S/C13H22BrNO3/c1-5-6-10(12(17)18-13(2,3)4)15-8-9(14)7-11(15)16/h9-10H,5-8H2,1-4H3. The highest BCUT2D eigenvalue weighted by Gasteiger charge is 2.38. The molecule has 0 aromatic rings. The van der Waals surface area contributed by atoms with E-state index in [4.69, 9.17) is 4.74 Å². The Morgan fingerprint density at radius 1 is 1.56 bits per heavy atom. The van der Waals surface area contributed by atoms with Crippen molar-refractivity contribution in [2.24, 2.45) is 0 Å². The van der Waals surface area contributed by atoms with Gasteiger partial charge < -0.3 is 9.64 Å². The summed E-state index contributed by atoms with van der Waals surface area (Å²) in [5.41, 5.74) is -0.514. The number of amides is 1.